The van der Waals surface area contributed by atoms with Crippen LogP contribution in [0.25, 0.3) is 11.8 Å². The Balaban J connectivity index is 1.82. The first-order valence-electron chi connectivity index (χ1n) is 9.87. The van der Waals surface area contributed by atoms with E-state index in [0.29, 0.717) is 22.5 Å². The maximum Gasteiger partial charge on any atom is 0.337 e. The summed E-state index contributed by atoms with van der Waals surface area (Å²) in [4.78, 5) is 36.8. The van der Waals surface area contributed by atoms with E-state index in [-0.39, 0.29) is 22.2 Å². The summed E-state index contributed by atoms with van der Waals surface area (Å²) < 4.78 is 0. The van der Waals surface area contributed by atoms with E-state index in [4.69, 9.17) is 11.6 Å². The van der Waals surface area contributed by atoms with Gasteiger partial charge in [-0.05, 0) is 60.5 Å². The molecule has 0 saturated heterocycles. The number of nitro groups is 1. The quantitative estimate of drug-likeness (QED) is 0.298. The molecule has 0 unspecified atom stereocenters. The normalized spacial score (nSPS) is 14.5. The number of carbonyl (C=O) groups is 2. The van der Waals surface area contributed by atoms with E-state index in [1.165, 1.54) is 29.2 Å². The van der Waals surface area contributed by atoms with Crippen molar-refractivity contribution in [3.05, 3.63) is 116 Å². The minimum Gasteiger partial charge on any atom is -0.478 e. The molecule has 33 heavy (non-hydrogen) atoms. The van der Waals surface area contributed by atoms with Gasteiger partial charge in [-0.2, -0.15) is 0 Å². The lowest BCUT2D eigenvalue weighted by Gasteiger charge is -2.21. The van der Waals surface area contributed by atoms with Gasteiger partial charge in [-0.1, -0.05) is 41.4 Å². The lowest BCUT2D eigenvalue weighted by Crippen LogP contribution is -2.25. The van der Waals surface area contributed by atoms with Crippen LogP contribution in [0, 0.1) is 17.0 Å². The molecule has 1 amide bonds. The Morgan fingerprint density at radius 3 is 2.33 bits per heavy atom. The van der Waals surface area contributed by atoms with Crippen LogP contribution in [0.2, 0.25) is 5.02 Å². The van der Waals surface area contributed by atoms with Crippen molar-refractivity contribution >= 4 is 46.6 Å². The Morgan fingerprint density at radius 2 is 1.73 bits per heavy atom. The Bertz CT molecular complexity index is 1340. The van der Waals surface area contributed by atoms with Crippen molar-refractivity contribution in [3.63, 3.8) is 0 Å². The van der Waals surface area contributed by atoms with Crippen molar-refractivity contribution in [3.8, 4) is 0 Å². The maximum atomic E-state index is 13.4. The molecule has 0 fully saturated rings. The van der Waals surface area contributed by atoms with E-state index >= 15 is 0 Å². The molecule has 1 aliphatic heterocycles. The highest BCUT2D eigenvalue weighted by Gasteiger charge is 2.31. The molecule has 3 aromatic carbocycles. The van der Waals surface area contributed by atoms with Gasteiger partial charge in [-0.15, -0.1) is 0 Å². The molecular weight excluding hydrogens is 444 g/mol. The number of anilines is 1. The minimum atomic E-state index is -1.20. The van der Waals surface area contributed by atoms with Gasteiger partial charge in [0.25, 0.3) is 11.6 Å². The zero-order valence-corrected chi connectivity index (χ0v) is 18.1. The highest BCUT2D eigenvalue weighted by atomic mass is 35.5. The number of hydrogen-bond acceptors (Lipinski definition) is 4. The number of carboxylic acid groups (broad SMARTS) is 1. The molecule has 164 valence electrons. The van der Waals surface area contributed by atoms with Crippen molar-refractivity contribution in [2.24, 2.45) is 0 Å². The van der Waals surface area contributed by atoms with Crippen molar-refractivity contribution in [2.75, 3.05) is 4.90 Å². The van der Waals surface area contributed by atoms with Crippen LogP contribution in [0.5, 0.6) is 0 Å². The number of amides is 1. The molecular formula is C25H17ClN2O5. The molecule has 0 saturated carbocycles. The molecule has 1 aliphatic rings. The number of halogens is 1. The SMILES string of the molecule is Cc1ccc(C2=C/C(=C\c3ccc([N+](=O)[O-])cc3)C(=O)N2c2ccc(Cl)c(C(=O)O)c2)cc1. The zero-order valence-electron chi connectivity index (χ0n) is 17.4. The van der Waals surface area contributed by atoms with Crippen LogP contribution in [0.1, 0.15) is 27.0 Å². The van der Waals surface area contributed by atoms with Gasteiger partial charge in [0.05, 0.1) is 26.9 Å². The first-order valence-corrected chi connectivity index (χ1v) is 10.2. The summed E-state index contributed by atoms with van der Waals surface area (Å²) >= 11 is 6.02. The highest BCUT2D eigenvalue weighted by molar-refractivity contribution is 6.34. The number of aromatic carboxylic acids is 1. The fraction of sp³-hybridized carbons (Fsp3) is 0.0400. The number of nitro benzene ring substituents is 1. The predicted octanol–water partition coefficient (Wildman–Crippen LogP) is 5.73. The summed E-state index contributed by atoms with van der Waals surface area (Å²) in [7, 11) is 0. The number of non-ortho nitro benzene ring substituents is 1. The highest BCUT2D eigenvalue weighted by Crippen LogP contribution is 2.37. The molecule has 0 radical (unpaired) electrons. The third-order valence-electron chi connectivity index (χ3n) is 5.20. The largest absolute Gasteiger partial charge is 0.478 e. The van der Waals surface area contributed by atoms with Gasteiger partial charge >= 0.3 is 5.97 Å². The molecule has 0 aliphatic carbocycles. The van der Waals surface area contributed by atoms with Crippen LogP contribution >= 0.6 is 11.6 Å². The van der Waals surface area contributed by atoms with Crippen molar-refractivity contribution in [1.82, 2.24) is 0 Å². The average molecular weight is 461 g/mol. The standard InChI is InChI=1S/C25H17ClN2O5/c1-15-2-6-17(7-3-15)23-13-18(12-16-4-8-19(9-5-16)28(32)33)24(29)27(23)20-10-11-22(26)21(14-20)25(30)31/h2-14H,1H3,(H,30,31)/b18-12+. The van der Waals surface area contributed by atoms with Crippen LogP contribution in [-0.2, 0) is 4.79 Å². The van der Waals surface area contributed by atoms with Gasteiger partial charge in [0, 0.05) is 17.7 Å². The minimum absolute atomic E-state index is 0.0465. The number of carboxylic acids is 1. The molecule has 1 N–H and O–H groups in total. The third-order valence-corrected chi connectivity index (χ3v) is 5.52. The van der Waals surface area contributed by atoms with Crippen molar-refractivity contribution in [1.29, 1.82) is 0 Å². The molecule has 0 bridgehead atoms. The predicted molar refractivity (Wildman–Crippen MR) is 126 cm³/mol. The zero-order chi connectivity index (χ0) is 23.7. The molecule has 0 atom stereocenters. The summed E-state index contributed by atoms with van der Waals surface area (Å²) in [5.41, 5.74) is 3.57. The Labute approximate surface area is 194 Å². The van der Waals surface area contributed by atoms with Crippen molar-refractivity contribution in [2.45, 2.75) is 6.92 Å². The maximum absolute atomic E-state index is 13.4. The van der Waals surface area contributed by atoms with Gasteiger partial charge in [0.1, 0.15) is 0 Å². The van der Waals surface area contributed by atoms with Gasteiger partial charge in [0.2, 0.25) is 0 Å². The summed E-state index contributed by atoms with van der Waals surface area (Å²) in [6.07, 6.45) is 3.34. The van der Waals surface area contributed by atoms with Crippen LogP contribution in [0.3, 0.4) is 0 Å². The summed E-state index contributed by atoms with van der Waals surface area (Å²) in [5, 5.41) is 20.4. The molecule has 4 rings (SSSR count). The first-order chi connectivity index (χ1) is 15.7. The monoisotopic (exact) mass is 460 g/mol. The third kappa shape index (κ3) is 4.40. The van der Waals surface area contributed by atoms with Crippen molar-refractivity contribution < 1.29 is 19.6 Å². The first kappa shape index (κ1) is 22.0. The van der Waals surface area contributed by atoms with Crippen LogP contribution < -0.4 is 4.90 Å². The lowest BCUT2D eigenvalue weighted by atomic mass is 10.1. The number of nitrogens with zero attached hydrogens (tertiary/aromatic N) is 2. The van der Waals surface area contributed by atoms with E-state index in [2.05, 4.69) is 0 Å². The lowest BCUT2D eigenvalue weighted by molar-refractivity contribution is -0.384. The van der Waals surface area contributed by atoms with Gasteiger partial charge in [-0.25, -0.2) is 4.79 Å². The molecule has 8 heteroatoms. The fourth-order valence-electron chi connectivity index (χ4n) is 3.50. The second-order valence-corrected chi connectivity index (χ2v) is 7.86. The van der Waals surface area contributed by atoms with E-state index in [1.54, 1.807) is 30.4 Å². The van der Waals surface area contributed by atoms with E-state index < -0.39 is 10.9 Å². The fourth-order valence-corrected chi connectivity index (χ4v) is 3.70. The smallest absolute Gasteiger partial charge is 0.337 e. The van der Waals surface area contributed by atoms with E-state index in [0.717, 1.165) is 11.1 Å². The second-order valence-electron chi connectivity index (χ2n) is 7.45. The topological polar surface area (TPSA) is 101 Å². The molecule has 3 aromatic rings. The van der Waals surface area contributed by atoms with E-state index in [1.807, 2.05) is 31.2 Å². The molecule has 0 spiro atoms. The summed E-state index contributed by atoms with van der Waals surface area (Å²) in [5.74, 6) is -1.56. The number of aryl methyl sites for hydroxylation is 1. The van der Waals surface area contributed by atoms with Gasteiger partial charge < -0.3 is 5.11 Å². The Hall–Kier alpha value is -4.23. The number of benzene rings is 3. The average Bonchev–Trinajstić information content (AvgIpc) is 3.10. The second kappa shape index (κ2) is 8.72. The van der Waals surface area contributed by atoms with Gasteiger partial charge in [0.15, 0.2) is 0 Å². The summed E-state index contributed by atoms with van der Waals surface area (Å²) in [6.45, 7) is 1.95. The van der Waals surface area contributed by atoms with Crippen LogP contribution in [0.15, 0.2) is 78.4 Å². The Morgan fingerprint density at radius 1 is 1.06 bits per heavy atom. The number of carbonyl (C=O) groups excluding carboxylic acids is 1. The molecule has 0 aromatic heterocycles. The molecule has 1 heterocycles. The molecule has 7 nitrogen and oxygen atoms in total. The van der Waals surface area contributed by atoms with Gasteiger partial charge in [-0.3, -0.25) is 19.8 Å². The van der Waals surface area contributed by atoms with Crippen LogP contribution in [-0.4, -0.2) is 21.9 Å². The summed E-state index contributed by atoms with van der Waals surface area (Å²) in [6, 6.07) is 17.8. The van der Waals surface area contributed by atoms with Crippen LogP contribution in [0.4, 0.5) is 11.4 Å². The number of rotatable bonds is 5. The Kier molecular flexibility index (Phi) is 5.81. The number of hydrogen-bond donors (Lipinski definition) is 1. The van der Waals surface area contributed by atoms with E-state index in [9.17, 15) is 24.8 Å².